The SMILES string of the molecule is O=C(CSc1ccc(F)cc1)N1CCC(S(=O)(=O)c2ccc(Cl)cc2)C1. The summed E-state index contributed by atoms with van der Waals surface area (Å²) in [6.45, 7) is 0.605. The van der Waals surface area contributed by atoms with Crippen molar-refractivity contribution in [2.45, 2.75) is 21.5 Å². The number of halogens is 2. The summed E-state index contributed by atoms with van der Waals surface area (Å²) in [6, 6.07) is 12.0. The lowest BCUT2D eigenvalue weighted by Crippen LogP contribution is -2.33. The molecule has 0 aliphatic carbocycles. The van der Waals surface area contributed by atoms with Gasteiger partial charge in [-0.05, 0) is 55.0 Å². The quantitative estimate of drug-likeness (QED) is 0.702. The average molecular weight is 414 g/mol. The molecule has 1 aliphatic heterocycles. The molecule has 1 heterocycles. The van der Waals surface area contributed by atoms with Crippen LogP contribution in [0, 0.1) is 5.82 Å². The topological polar surface area (TPSA) is 54.5 Å². The first-order valence-electron chi connectivity index (χ1n) is 8.02. The van der Waals surface area contributed by atoms with Crippen molar-refractivity contribution in [3.63, 3.8) is 0 Å². The highest BCUT2D eigenvalue weighted by Crippen LogP contribution is 2.26. The first-order chi connectivity index (χ1) is 12.4. The van der Waals surface area contributed by atoms with E-state index >= 15 is 0 Å². The second-order valence-electron chi connectivity index (χ2n) is 5.99. The summed E-state index contributed by atoms with van der Waals surface area (Å²) in [5, 5.41) is -0.131. The van der Waals surface area contributed by atoms with E-state index in [1.54, 1.807) is 29.2 Å². The van der Waals surface area contributed by atoms with Crippen molar-refractivity contribution in [1.29, 1.82) is 0 Å². The smallest absolute Gasteiger partial charge is 0.232 e. The largest absolute Gasteiger partial charge is 0.341 e. The van der Waals surface area contributed by atoms with Crippen LogP contribution in [0.3, 0.4) is 0 Å². The summed E-state index contributed by atoms with van der Waals surface area (Å²) in [5.41, 5.74) is 0. The van der Waals surface area contributed by atoms with Crippen LogP contribution in [0.1, 0.15) is 6.42 Å². The van der Waals surface area contributed by atoms with E-state index in [1.165, 1.54) is 36.0 Å². The molecule has 0 radical (unpaired) electrons. The molecular formula is C18H17ClFNO3S2. The number of carbonyl (C=O) groups is 1. The zero-order valence-electron chi connectivity index (χ0n) is 13.8. The Morgan fingerprint density at radius 2 is 1.81 bits per heavy atom. The van der Waals surface area contributed by atoms with E-state index in [9.17, 15) is 17.6 Å². The van der Waals surface area contributed by atoms with Crippen LogP contribution in [0.2, 0.25) is 5.02 Å². The van der Waals surface area contributed by atoms with Crippen LogP contribution in [-0.4, -0.2) is 43.3 Å². The monoisotopic (exact) mass is 413 g/mol. The third-order valence-electron chi connectivity index (χ3n) is 4.25. The second-order valence-corrected chi connectivity index (χ2v) is 9.71. The van der Waals surface area contributed by atoms with Gasteiger partial charge in [0, 0.05) is 23.0 Å². The third-order valence-corrected chi connectivity index (χ3v) is 7.70. The molecule has 1 amide bonds. The van der Waals surface area contributed by atoms with Gasteiger partial charge in [-0.25, -0.2) is 12.8 Å². The summed E-state index contributed by atoms with van der Waals surface area (Å²) in [6.07, 6.45) is 0.415. The normalized spacial score (nSPS) is 17.5. The number of rotatable bonds is 5. The number of amides is 1. The predicted octanol–water partition coefficient (Wildman–Crippen LogP) is 3.65. The molecule has 0 spiro atoms. The lowest BCUT2D eigenvalue weighted by atomic mass is 10.4. The zero-order valence-corrected chi connectivity index (χ0v) is 16.2. The molecule has 1 fully saturated rings. The van der Waals surface area contributed by atoms with E-state index in [-0.39, 0.29) is 28.9 Å². The summed E-state index contributed by atoms with van der Waals surface area (Å²) in [4.78, 5) is 15.0. The Labute approximate surface area is 161 Å². The molecule has 8 heteroatoms. The molecule has 26 heavy (non-hydrogen) atoms. The molecule has 3 rings (SSSR count). The van der Waals surface area contributed by atoms with Gasteiger partial charge in [-0.1, -0.05) is 11.6 Å². The molecule has 2 aromatic rings. The van der Waals surface area contributed by atoms with Gasteiger partial charge in [0.15, 0.2) is 9.84 Å². The Bertz CT molecular complexity index is 886. The number of hydrogen-bond donors (Lipinski definition) is 0. The van der Waals surface area contributed by atoms with Crippen molar-refractivity contribution < 1.29 is 17.6 Å². The summed E-state index contributed by atoms with van der Waals surface area (Å²) in [5.74, 6) is -0.247. The molecule has 0 bridgehead atoms. The van der Waals surface area contributed by atoms with Gasteiger partial charge < -0.3 is 4.90 Å². The summed E-state index contributed by atoms with van der Waals surface area (Å²) >= 11 is 7.12. The number of carbonyl (C=O) groups excluding carboxylic acids is 1. The highest BCUT2D eigenvalue weighted by Gasteiger charge is 2.35. The van der Waals surface area contributed by atoms with Crippen molar-refractivity contribution in [3.05, 3.63) is 59.4 Å². The van der Waals surface area contributed by atoms with Crippen LogP contribution >= 0.6 is 23.4 Å². The van der Waals surface area contributed by atoms with Crippen molar-refractivity contribution >= 4 is 39.1 Å². The highest BCUT2D eigenvalue weighted by molar-refractivity contribution is 8.00. The molecule has 0 aromatic heterocycles. The van der Waals surface area contributed by atoms with Gasteiger partial charge >= 0.3 is 0 Å². The summed E-state index contributed by atoms with van der Waals surface area (Å²) in [7, 11) is -3.49. The molecule has 4 nitrogen and oxygen atoms in total. The number of hydrogen-bond acceptors (Lipinski definition) is 4. The van der Waals surface area contributed by atoms with Gasteiger partial charge in [-0.15, -0.1) is 11.8 Å². The van der Waals surface area contributed by atoms with Crippen molar-refractivity contribution in [1.82, 2.24) is 4.90 Å². The standard InChI is InChI=1S/C18H17ClFNO3S2/c19-13-1-7-16(8-2-13)26(23,24)17-9-10-21(11-17)18(22)12-25-15-5-3-14(20)4-6-15/h1-8,17H,9-12H2. The Hall–Kier alpha value is -1.57. The third kappa shape index (κ3) is 4.39. The highest BCUT2D eigenvalue weighted by atomic mass is 35.5. The van der Waals surface area contributed by atoms with Crippen LogP contribution in [0.15, 0.2) is 58.3 Å². The van der Waals surface area contributed by atoms with Gasteiger partial charge in [0.25, 0.3) is 0 Å². The Morgan fingerprint density at radius 3 is 2.46 bits per heavy atom. The van der Waals surface area contributed by atoms with Gasteiger partial charge in [0.05, 0.1) is 15.9 Å². The minimum atomic E-state index is -3.49. The zero-order chi connectivity index (χ0) is 18.7. The Kier molecular flexibility index (Phi) is 5.89. The molecule has 0 N–H and O–H groups in total. The van der Waals surface area contributed by atoms with Crippen LogP contribution < -0.4 is 0 Å². The number of sulfone groups is 1. The lowest BCUT2D eigenvalue weighted by molar-refractivity contribution is -0.127. The van der Waals surface area contributed by atoms with Crippen LogP contribution in [0.25, 0.3) is 0 Å². The van der Waals surface area contributed by atoms with E-state index in [0.717, 1.165) is 4.90 Å². The maximum Gasteiger partial charge on any atom is 0.232 e. The Morgan fingerprint density at radius 1 is 1.15 bits per heavy atom. The number of benzene rings is 2. The molecular weight excluding hydrogens is 397 g/mol. The van der Waals surface area contributed by atoms with Crippen LogP contribution in [0.4, 0.5) is 4.39 Å². The Balaban J connectivity index is 1.59. The molecule has 2 aromatic carbocycles. The number of likely N-dealkylation sites (tertiary alicyclic amines) is 1. The van der Waals surface area contributed by atoms with E-state index in [1.807, 2.05) is 0 Å². The molecule has 1 saturated heterocycles. The fourth-order valence-electron chi connectivity index (χ4n) is 2.79. The fraction of sp³-hybridized carbons (Fsp3) is 0.278. The first kappa shape index (κ1) is 19.2. The van der Waals surface area contributed by atoms with E-state index in [2.05, 4.69) is 0 Å². The molecule has 1 atom stereocenters. The molecule has 1 aliphatic rings. The van der Waals surface area contributed by atoms with Gasteiger partial charge in [0.2, 0.25) is 5.91 Å². The van der Waals surface area contributed by atoms with Gasteiger partial charge in [-0.2, -0.15) is 0 Å². The van der Waals surface area contributed by atoms with Gasteiger partial charge in [-0.3, -0.25) is 4.79 Å². The summed E-state index contributed by atoms with van der Waals surface area (Å²) < 4.78 is 38.3. The lowest BCUT2D eigenvalue weighted by Gasteiger charge is -2.16. The molecule has 0 saturated carbocycles. The maximum absolute atomic E-state index is 12.9. The average Bonchev–Trinajstić information content (AvgIpc) is 3.12. The minimum absolute atomic E-state index is 0.117. The van der Waals surface area contributed by atoms with Crippen molar-refractivity contribution in [3.8, 4) is 0 Å². The molecule has 138 valence electrons. The van der Waals surface area contributed by atoms with Crippen molar-refractivity contribution in [2.75, 3.05) is 18.8 Å². The number of nitrogens with zero attached hydrogens (tertiary/aromatic N) is 1. The maximum atomic E-state index is 12.9. The van der Waals surface area contributed by atoms with E-state index < -0.39 is 15.1 Å². The van der Waals surface area contributed by atoms with E-state index in [0.29, 0.717) is 18.0 Å². The van der Waals surface area contributed by atoms with Gasteiger partial charge in [0.1, 0.15) is 5.82 Å². The minimum Gasteiger partial charge on any atom is -0.341 e. The number of thioether (sulfide) groups is 1. The fourth-order valence-corrected chi connectivity index (χ4v) is 5.41. The predicted molar refractivity (Wildman–Crippen MR) is 101 cm³/mol. The van der Waals surface area contributed by atoms with Crippen LogP contribution in [0.5, 0.6) is 0 Å². The second kappa shape index (κ2) is 7.98. The van der Waals surface area contributed by atoms with Crippen molar-refractivity contribution in [2.24, 2.45) is 0 Å². The molecule has 1 unspecified atom stereocenters. The first-order valence-corrected chi connectivity index (χ1v) is 10.9. The van der Waals surface area contributed by atoms with Crippen LogP contribution in [-0.2, 0) is 14.6 Å². The van der Waals surface area contributed by atoms with E-state index in [4.69, 9.17) is 11.6 Å².